The van der Waals surface area contributed by atoms with E-state index in [1.807, 2.05) is 0 Å². The summed E-state index contributed by atoms with van der Waals surface area (Å²) in [6.45, 7) is 0. The maximum Gasteiger partial charge on any atom is 0.252 e. The lowest BCUT2D eigenvalue weighted by atomic mass is 9.91. The molecule has 2 rings (SSSR count). The Morgan fingerprint density at radius 1 is 1.37 bits per heavy atom. The van der Waals surface area contributed by atoms with Gasteiger partial charge in [0.2, 0.25) is 0 Å². The number of rotatable bonds is 2. The van der Waals surface area contributed by atoms with Crippen LogP contribution in [0.5, 0.6) is 0 Å². The van der Waals surface area contributed by atoms with Gasteiger partial charge in [-0.25, -0.2) is 4.98 Å². The Labute approximate surface area is 121 Å². The highest BCUT2D eigenvalue weighted by atomic mass is 79.9. The topological polar surface area (TPSA) is 65.8 Å². The van der Waals surface area contributed by atoms with Crippen LogP contribution in [0.2, 0.25) is 0 Å². The third-order valence-corrected chi connectivity index (χ3v) is 3.95. The van der Waals surface area contributed by atoms with E-state index < -0.39 is 5.54 Å². The number of amides is 1. The fourth-order valence-electron chi connectivity index (χ4n) is 2.43. The molecule has 1 aromatic heterocycles. The lowest BCUT2D eigenvalue weighted by Crippen LogP contribution is -2.47. The quantitative estimate of drug-likeness (QED) is 0.672. The predicted molar refractivity (Wildman–Crippen MR) is 75.4 cm³/mol. The Bertz CT molecular complexity index is 502. The first-order valence-corrected chi connectivity index (χ1v) is 7.30. The summed E-state index contributed by atoms with van der Waals surface area (Å²) in [6.07, 6.45) is 7.32. The average molecular weight is 322 g/mol. The summed E-state index contributed by atoms with van der Waals surface area (Å²) in [5.74, 6) is -0.202. The molecule has 1 heterocycles. The lowest BCUT2D eigenvalue weighted by Gasteiger charge is -2.26. The number of hydrogen-bond acceptors (Lipinski definition) is 3. The molecule has 0 bridgehead atoms. The van der Waals surface area contributed by atoms with Gasteiger partial charge in [0.05, 0.1) is 6.07 Å². The van der Waals surface area contributed by atoms with Gasteiger partial charge in [-0.05, 0) is 40.9 Å². The predicted octanol–water partition coefficient (Wildman–Crippen LogP) is 3.19. The fraction of sp³-hybridized carbons (Fsp3) is 0.500. The Morgan fingerprint density at radius 2 is 2.05 bits per heavy atom. The number of halogens is 1. The second-order valence-corrected chi connectivity index (χ2v) is 5.74. The summed E-state index contributed by atoms with van der Waals surface area (Å²) < 4.78 is 0.618. The minimum absolute atomic E-state index is 0.202. The maximum atomic E-state index is 12.2. The summed E-state index contributed by atoms with van der Waals surface area (Å²) in [6, 6.07) is 5.63. The van der Waals surface area contributed by atoms with Crippen LogP contribution in [0.3, 0.4) is 0 Å². The van der Waals surface area contributed by atoms with Crippen LogP contribution < -0.4 is 5.32 Å². The summed E-state index contributed by atoms with van der Waals surface area (Å²) in [5, 5.41) is 12.3. The number of pyridine rings is 1. The van der Waals surface area contributed by atoms with E-state index in [1.54, 1.807) is 18.3 Å². The monoisotopic (exact) mass is 321 g/mol. The molecule has 0 atom stereocenters. The van der Waals surface area contributed by atoms with Crippen LogP contribution in [-0.4, -0.2) is 16.4 Å². The van der Waals surface area contributed by atoms with Crippen molar-refractivity contribution in [3.63, 3.8) is 0 Å². The van der Waals surface area contributed by atoms with Crippen molar-refractivity contribution < 1.29 is 4.79 Å². The molecular formula is C14H16BrN3O. The van der Waals surface area contributed by atoms with E-state index in [0.717, 1.165) is 38.5 Å². The van der Waals surface area contributed by atoms with Crippen LogP contribution in [0, 0.1) is 11.3 Å². The molecule has 1 fully saturated rings. The molecule has 4 nitrogen and oxygen atoms in total. The van der Waals surface area contributed by atoms with Gasteiger partial charge in [0, 0.05) is 11.8 Å². The molecule has 0 saturated heterocycles. The molecule has 0 aromatic carbocycles. The Balaban J connectivity index is 2.14. The Hall–Kier alpha value is -1.41. The zero-order valence-electron chi connectivity index (χ0n) is 10.7. The largest absolute Gasteiger partial charge is 0.334 e. The third-order valence-electron chi connectivity index (χ3n) is 3.51. The van der Waals surface area contributed by atoms with E-state index in [9.17, 15) is 10.1 Å². The van der Waals surface area contributed by atoms with Crippen LogP contribution in [0.4, 0.5) is 0 Å². The number of nitrogens with zero attached hydrogens (tertiary/aromatic N) is 2. The van der Waals surface area contributed by atoms with Gasteiger partial charge < -0.3 is 5.32 Å². The van der Waals surface area contributed by atoms with Crippen molar-refractivity contribution in [1.29, 1.82) is 5.26 Å². The highest BCUT2D eigenvalue weighted by molar-refractivity contribution is 9.10. The normalized spacial score (nSPS) is 18.1. The van der Waals surface area contributed by atoms with E-state index >= 15 is 0 Å². The number of carbonyl (C=O) groups excluding carboxylic acids is 1. The van der Waals surface area contributed by atoms with Crippen LogP contribution in [-0.2, 0) is 0 Å². The number of nitrogens with one attached hydrogen (secondary N) is 1. The van der Waals surface area contributed by atoms with E-state index in [1.165, 1.54) is 0 Å². The molecule has 19 heavy (non-hydrogen) atoms. The zero-order valence-corrected chi connectivity index (χ0v) is 12.2. The summed E-state index contributed by atoms with van der Waals surface area (Å²) in [7, 11) is 0. The van der Waals surface area contributed by atoms with Gasteiger partial charge in [0.25, 0.3) is 5.91 Å². The van der Waals surface area contributed by atoms with Crippen molar-refractivity contribution >= 4 is 21.8 Å². The van der Waals surface area contributed by atoms with Gasteiger partial charge in [-0.15, -0.1) is 0 Å². The highest BCUT2D eigenvalue weighted by Gasteiger charge is 2.32. The van der Waals surface area contributed by atoms with E-state index in [4.69, 9.17) is 0 Å². The number of aromatic nitrogens is 1. The third kappa shape index (κ3) is 3.54. The molecule has 1 saturated carbocycles. The van der Waals surface area contributed by atoms with E-state index in [0.29, 0.717) is 10.2 Å². The van der Waals surface area contributed by atoms with Crippen molar-refractivity contribution in [2.75, 3.05) is 0 Å². The number of hydrogen-bond donors (Lipinski definition) is 1. The molecule has 1 aliphatic rings. The van der Waals surface area contributed by atoms with Gasteiger partial charge in [0.15, 0.2) is 0 Å². The zero-order chi connectivity index (χ0) is 13.7. The minimum atomic E-state index is -0.705. The van der Waals surface area contributed by atoms with Crippen molar-refractivity contribution in [2.24, 2.45) is 0 Å². The molecule has 0 radical (unpaired) electrons. The van der Waals surface area contributed by atoms with Crippen LogP contribution in [0.15, 0.2) is 22.9 Å². The first kappa shape index (κ1) is 14.0. The van der Waals surface area contributed by atoms with Crippen LogP contribution in [0.25, 0.3) is 0 Å². The molecule has 1 N–H and O–H groups in total. The lowest BCUT2D eigenvalue weighted by molar-refractivity contribution is 0.0912. The molecule has 0 unspecified atom stereocenters. The second kappa shape index (κ2) is 6.16. The van der Waals surface area contributed by atoms with Crippen LogP contribution in [0.1, 0.15) is 48.9 Å². The van der Waals surface area contributed by atoms with Gasteiger partial charge >= 0.3 is 0 Å². The van der Waals surface area contributed by atoms with Gasteiger partial charge in [-0.3, -0.25) is 4.79 Å². The molecule has 1 amide bonds. The van der Waals surface area contributed by atoms with Crippen molar-refractivity contribution in [2.45, 2.75) is 44.1 Å². The SMILES string of the molecule is N#CC1(NC(=O)c2ccnc(Br)c2)CCCCCC1. The smallest absolute Gasteiger partial charge is 0.252 e. The summed E-state index contributed by atoms with van der Waals surface area (Å²) in [5.41, 5.74) is -0.177. The standard InChI is InChI=1S/C14H16BrN3O/c15-12-9-11(5-8-17-12)13(19)18-14(10-16)6-3-1-2-4-7-14/h5,8-9H,1-4,6-7H2,(H,18,19). The highest BCUT2D eigenvalue weighted by Crippen LogP contribution is 2.27. The maximum absolute atomic E-state index is 12.2. The summed E-state index contributed by atoms with van der Waals surface area (Å²) in [4.78, 5) is 16.2. The van der Waals surface area contributed by atoms with Crippen molar-refractivity contribution in [1.82, 2.24) is 10.3 Å². The number of nitriles is 1. The Morgan fingerprint density at radius 3 is 2.63 bits per heavy atom. The van der Waals surface area contributed by atoms with Crippen molar-refractivity contribution in [3.05, 3.63) is 28.5 Å². The molecule has 0 aliphatic heterocycles. The van der Waals surface area contributed by atoms with E-state index in [2.05, 4.69) is 32.3 Å². The van der Waals surface area contributed by atoms with Gasteiger partial charge in [0.1, 0.15) is 10.1 Å². The molecule has 1 aromatic rings. The second-order valence-electron chi connectivity index (χ2n) is 4.93. The molecule has 5 heteroatoms. The van der Waals surface area contributed by atoms with Gasteiger partial charge in [-0.1, -0.05) is 25.7 Å². The first-order valence-electron chi connectivity index (χ1n) is 6.50. The molecule has 100 valence electrons. The first-order chi connectivity index (χ1) is 9.15. The van der Waals surface area contributed by atoms with Crippen molar-refractivity contribution in [3.8, 4) is 6.07 Å². The minimum Gasteiger partial charge on any atom is -0.334 e. The Kier molecular flexibility index (Phi) is 4.54. The summed E-state index contributed by atoms with van der Waals surface area (Å²) >= 11 is 3.24. The number of carbonyl (C=O) groups is 1. The average Bonchev–Trinajstić information content (AvgIpc) is 2.65. The fourth-order valence-corrected chi connectivity index (χ4v) is 2.79. The van der Waals surface area contributed by atoms with Crippen LogP contribution >= 0.6 is 15.9 Å². The van der Waals surface area contributed by atoms with E-state index in [-0.39, 0.29) is 5.91 Å². The molecule has 1 aliphatic carbocycles. The molecule has 0 spiro atoms. The van der Waals surface area contributed by atoms with Gasteiger partial charge in [-0.2, -0.15) is 5.26 Å². The molecular weight excluding hydrogens is 306 g/mol.